The predicted molar refractivity (Wildman–Crippen MR) is 68.8 cm³/mol. The molecule has 0 aliphatic heterocycles. The van der Waals surface area contributed by atoms with E-state index in [4.69, 9.17) is 10.5 Å². The number of nitrogens with zero attached hydrogens (tertiary/aromatic N) is 1. The van der Waals surface area contributed by atoms with Crippen LogP contribution in [0.5, 0.6) is 0 Å². The highest BCUT2D eigenvalue weighted by Gasteiger charge is 2.27. The molecule has 0 aromatic heterocycles. The van der Waals surface area contributed by atoms with E-state index < -0.39 is 11.0 Å². The first-order chi connectivity index (χ1) is 9.06. The van der Waals surface area contributed by atoms with Crippen LogP contribution in [-0.4, -0.2) is 23.2 Å². The Hall–Kier alpha value is -2.15. The number of rotatable bonds is 3. The van der Waals surface area contributed by atoms with E-state index in [9.17, 15) is 14.9 Å². The Balaban J connectivity index is 1.95. The molecule has 0 heterocycles. The quantitative estimate of drug-likeness (QED) is 0.642. The third-order valence-electron chi connectivity index (χ3n) is 3.07. The number of carbonyl (C=O) groups excluding carboxylic acids is 1. The summed E-state index contributed by atoms with van der Waals surface area (Å²) in [7, 11) is 0. The zero-order valence-electron chi connectivity index (χ0n) is 10.2. The van der Waals surface area contributed by atoms with Crippen LogP contribution in [0.2, 0.25) is 0 Å². The molecule has 2 unspecified atom stereocenters. The minimum atomic E-state index is -0.636. The average Bonchev–Trinajstić information content (AvgIpc) is 2.75. The van der Waals surface area contributed by atoms with E-state index in [1.54, 1.807) is 6.07 Å². The maximum absolute atomic E-state index is 11.6. The number of amides is 1. The molecular formula is C12H15N3O4. The highest BCUT2D eigenvalue weighted by Crippen LogP contribution is 2.21. The number of carbonyl (C=O) groups is 1. The average molecular weight is 265 g/mol. The molecule has 1 amide bonds. The Bertz CT molecular complexity index is 492. The molecule has 0 bridgehead atoms. The van der Waals surface area contributed by atoms with E-state index in [0.29, 0.717) is 5.69 Å². The van der Waals surface area contributed by atoms with Crippen LogP contribution in [0, 0.1) is 10.1 Å². The lowest BCUT2D eigenvalue weighted by molar-refractivity contribution is -0.384. The summed E-state index contributed by atoms with van der Waals surface area (Å²) in [5.41, 5.74) is 6.03. The number of nitrogens with two attached hydrogens (primary N) is 1. The van der Waals surface area contributed by atoms with Gasteiger partial charge in [-0.05, 0) is 25.3 Å². The summed E-state index contributed by atoms with van der Waals surface area (Å²) >= 11 is 0. The normalized spacial score (nSPS) is 21.9. The Labute approximate surface area is 109 Å². The van der Waals surface area contributed by atoms with Crippen molar-refractivity contribution in [1.29, 1.82) is 0 Å². The number of nitrogens with one attached hydrogen (secondary N) is 1. The largest absolute Gasteiger partial charge is 0.444 e. The minimum absolute atomic E-state index is 0.0876. The van der Waals surface area contributed by atoms with Crippen molar-refractivity contribution in [3.05, 3.63) is 34.4 Å². The Morgan fingerprint density at radius 2 is 2.26 bits per heavy atom. The monoisotopic (exact) mass is 265 g/mol. The van der Waals surface area contributed by atoms with Crippen molar-refractivity contribution in [2.45, 2.75) is 31.4 Å². The summed E-state index contributed by atoms with van der Waals surface area (Å²) in [5, 5.41) is 13.1. The molecule has 1 aliphatic rings. The first-order valence-electron chi connectivity index (χ1n) is 6.04. The van der Waals surface area contributed by atoms with Crippen LogP contribution in [0.3, 0.4) is 0 Å². The van der Waals surface area contributed by atoms with Crippen molar-refractivity contribution < 1.29 is 14.5 Å². The molecule has 0 spiro atoms. The smallest absolute Gasteiger partial charge is 0.411 e. The first kappa shape index (κ1) is 13.3. The van der Waals surface area contributed by atoms with Crippen molar-refractivity contribution in [1.82, 2.24) is 0 Å². The first-order valence-corrected chi connectivity index (χ1v) is 6.04. The molecule has 3 N–H and O–H groups in total. The number of ether oxygens (including phenoxy) is 1. The van der Waals surface area contributed by atoms with Gasteiger partial charge in [-0.25, -0.2) is 4.79 Å². The molecule has 7 heteroatoms. The number of nitro groups is 1. The summed E-state index contributed by atoms with van der Waals surface area (Å²) in [6.45, 7) is 0. The standard InChI is InChI=1S/C12H15N3O4/c13-10-5-2-6-11(10)19-12(16)14-8-3-1-4-9(7-8)15(17)18/h1,3-4,7,10-11H,2,5-6,13H2,(H,14,16). The van der Waals surface area contributed by atoms with E-state index in [-0.39, 0.29) is 17.8 Å². The van der Waals surface area contributed by atoms with Gasteiger partial charge in [-0.1, -0.05) is 6.07 Å². The van der Waals surface area contributed by atoms with Gasteiger partial charge in [0.2, 0.25) is 0 Å². The molecular weight excluding hydrogens is 250 g/mol. The third kappa shape index (κ3) is 3.41. The molecule has 102 valence electrons. The Morgan fingerprint density at radius 1 is 1.47 bits per heavy atom. The second kappa shape index (κ2) is 5.66. The van der Waals surface area contributed by atoms with E-state index in [0.717, 1.165) is 19.3 Å². The lowest BCUT2D eigenvalue weighted by Crippen LogP contribution is -2.34. The molecule has 2 atom stereocenters. The van der Waals surface area contributed by atoms with E-state index in [1.807, 2.05) is 0 Å². The van der Waals surface area contributed by atoms with Gasteiger partial charge in [0, 0.05) is 18.2 Å². The van der Waals surface area contributed by atoms with Crippen molar-refractivity contribution in [2.24, 2.45) is 5.73 Å². The van der Waals surface area contributed by atoms with Crippen LogP contribution in [0.25, 0.3) is 0 Å². The van der Waals surface area contributed by atoms with Crippen LogP contribution >= 0.6 is 0 Å². The molecule has 1 aliphatic carbocycles. The van der Waals surface area contributed by atoms with Crippen molar-refractivity contribution in [3.8, 4) is 0 Å². The van der Waals surface area contributed by atoms with Gasteiger partial charge in [-0.2, -0.15) is 0 Å². The zero-order chi connectivity index (χ0) is 13.8. The minimum Gasteiger partial charge on any atom is -0.444 e. The molecule has 19 heavy (non-hydrogen) atoms. The lowest BCUT2D eigenvalue weighted by Gasteiger charge is -2.16. The van der Waals surface area contributed by atoms with Gasteiger partial charge in [-0.3, -0.25) is 15.4 Å². The molecule has 0 saturated heterocycles. The number of non-ortho nitro benzene ring substituents is 1. The molecule has 7 nitrogen and oxygen atoms in total. The van der Waals surface area contributed by atoms with Gasteiger partial charge in [0.25, 0.3) is 5.69 Å². The van der Waals surface area contributed by atoms with Crippen LogP contribution in [0.15, 0.2) is 24.3 Å². The molecule has 1 aromatic rings. The van der Waals surface area contributed by atoms with Crippen molar-refractivity contribution in [3.63, 3.8) is 0 Å². The second-order valence-electron chi connectivity index (χ2n) is 4.47. The fourth-order valence-corrected chi connectivity index (χ4v) is 2.08. The van der Waals surface area contributed by atoms with Gasteiger partial charge in [0.05, 0.1) is 10.6 Å². The van der Waals surface area contributed by atoms with E-state index in [1.165, 1.54) is 18.2 Å². The molecule has 2 rings (SSSR count). The van der Waals surface area contributed by atoms with Gasteiger partial charge in [0.15, 0.2) is 0 Å². The number of nitro benzene ring substituents is 1. The summed E-state index contributed by atoms with van der Waals surface area (Å²) in [4.78, 5) is 21.7. The fourth-order valence-electron chi connectivity index (χ4n) is 2.08. The maximum Gasteiger partial charge on any atom is 0.411 e. The predicted octanol–water partition coefficient (Wildman–Crippen LogP) is 2.02. The summed E-state index contributed by atoms with van der Waals surface area (Å²) < 4.78 is 5.18. The molecule has 1 aromatic carbocycles. The van der Waals surface area contributed by atoms with Gasteiger partial charge >= 0.3 is 6.09 Å². The topological polar surface area (TPSA) is 107 Å². The third-order valence-corrected chi connectivity index (χ3v) is 3.07. The van der Waals surface area contributed by atoms with Crippen molar-refractivity contribution in [2.75, 3.05) is 5.32 Å². The van der Waals surface area contributed by atoms with Crippen LogP contribution < -0.4 is 11.1 Å². The number of hydrogen-bond acceptors (Lipinski definition) is 5. The zero-order valence-corrected chi connectivity index (χ0v) is 10.2. The molecule has 1 saturated carbocycles. The van der Waals surface area contributed by atoms with Crippen molar-refractivity contribution >= 4 is 17.5 Å². The summed E-state index contributed by atoms with van der Waals surface area (Å²) in [6.07, 6.45) is 1.62. The van der Waals surface area contributed by atoms with Gasteiger partial charge in [-0.15, -0.1) is 0 Å². The van der Waals surface area contributed by atoms with E-state index in [2.05, 4.69) is 5.32 Å². The second-order valence-corrected chi connectivity index (χ2v) is 4.47. The fraction of sp³-hybridized carbons (Fsp3) is 0.417. The maximum atomic E-state index is 11.6. The summed E-state index contributed by atoms with van der Waals surface area (Å²) in [6, 6.07) is 5.55. The van der Waals surface area contributed by atoms with Crippen LogP contribution in [0.4, 0.5) is 16.2 Å². The number of benzene rings is 1. The summed E-state index contributed by atoms with van der Waals surface area (Å²) in [5.74, 6) is 0. The highest BCUT2D eigenvalue weighted by molar-refractivity contribution is 5.85. The van der Waals surface area contributed by atoms with Gasteiger partial charge in [0.1, 0.15) is 6.10 Å². The molecule has 1 fully saturated rings. The van der Waals surface area contributed by atoms with Gasteiger partial charge < -0.3 is 10.5 Å². The number of hydrogen-bond donors (Lipinski definition) is 2. The number of anilines is 1. The van der Waals surface area contributed by atoms with Crippen LogP contribution in [-0.2, 0) is 4.74 Å². The SMILES string of the molecule is NC1CCCC1OC(=O)Nc1cccc([N+](=O)[O-])c1. The van der Waals surface area contributed by atoms with Crippen LogP contribution in [0.1, 0.15) is 19.3 Å². The van der Waals surface area contributed by atoms with E-state index >= 15 is 0 Å². The lowest BCUT2D eigenvalue weighted by atomic mass is 10.2. The Morgan fingerprint density at radius 3 is 2.89 bits per heavy atom. The Kier molecular flexibility index (Phi) is 3.96. The molecule has 0 radical (unpaired) electrons. The highest BCUT2D eigenvalue weighted by atomic mass is 16.6.